The van der Waals surface area contributed by atoms with Gasteiger partial charge in [0.05, 0.1) is 11.6 Å². The number of carbonyl (C=O) groups is 2. The van der Waals surface area contributed by atoms with Gasteiger partial charge >= 0.3 is 6.03 Å². The maximum atomic E-state index is 12.5. The molecule has 6 nitrogen and oxygen atoms in total. The maximum absolute atomic E-state index is 12.5. The summed E-state index contributed by atoms with van der Waals surface area (Å²) >= 11 is 0. The normalized spacial score (nSPS) is 15.0. The number of imide groups is 1. The predicted molar refractivity (Wildman–Crippen MR) is 111 cm³/mol. The first-order chi connectivity index (χ1) is 14.1. The van der Waals surface area contributed by atoms with E-state index in [1.165, 1.54) is 6.08 Å². The predicted octanol–water partition coefficient (Wildman–Crippen LogP) is 3.64. The molecule has 3 amide bonds. The summed E-state index contributed by atoms with van der Waals surface area (Å²) in [7, 11) is 0. The number of fused-ring (bicyclic) bond motifs is 1. The van der Waals surface area contributed by atoms with Crippen molar-refractivity contribution in [3.05, 3.63) is 89.8 Å². The van der Waals surface area contributed by atoms with Crippen LogP contribution in [0.2, 0.25) is 0 Å². The molecule has 1 fully saturated rings. The molecule has 1 saturated heterocycles. The molecule has 0 atom stereocenters. The summed E-state index contributed by atoms with van der Waals surface area (Å²) in [6, 6.07) is 17.1. The lowest BCUT2D eigenvalue weighted by atomic mass is 10.1. The van der Waals surface area contributed by atoms with Crippen LogP contribution < -0.4 is 5.32 Å². The zero-order valence-electron chi connectivity index (χ0n) is 15.6. The van der Waals surface area contributed by atoms with Crippen molar-refractivity contribution in [3.63, 3.8) is 0 Å². The largest absolute Gasteiger partial charge is 0.342 e. The fourth-order valence-electron chi connectivity index (χ4n) is 3.49. The summed E-state index contributed by atoms with van der Waals surface area (Å²) in [5.41, 5.74) is 3.57. The second-order valence-corrected chi connectivity index (χ2v) is 6.69. The number of nitrogens with one attached hydrogen (secondary N) is 1. The lowest BCUT2D eigenvalue weighted by Crippen LogP contribution is -2.30. The van der Waals surface area contributed by atoms with E-state index in [9.17, 15) is 14.9 Å². The standard InChI is InChI=1S/C23H18N4O2/c1-2-11-27-22(28)20(25-23(27)29)12-18-15-26(21-10-6-5-9-19(18)21)14-17-8-4-3-7-16(17)13-24/h2-10,12,15H,1,11,14H2,(H,25,29)/b20-12+. The smallest absolute Gasteiger partial charge is 0.329 e. The van der Waals surface area contributed by atoms with Crippen LogP contribution in [0.4, 0.5) is 4.79 Å². The number of aromatic nitrogens is 1. The summed E-state index contributed by atoms with van der Waals surface area (Å²) in [6.07, 6.45) is 5.14. The molecule has 2 aromatic carbocycles. The molecule has 2 heterocycles. The molecular formula is C23H18N4O2. The maximum Gasteiger partial charge on any atom is 0.329 e. The van der Waals surface area contributed by atoms with Gasteiger partial charge in [0.15, 0.2) is 0 Å². The van der Waals surface area contributed by atoms with Gasteiger partial charge in [-0.1, -0.05) is 42.5 Å². The number of hydrogen-bond acceptors (Lipinski definition) is 3. The molecule has 142 valence electrons. The highest BCUT2D eigenvalue weighted by atomic mass is 16.2. The minimum Gasteiger partial charge on any atom is -0.342 e. The van der Waals surface area contributed by atoms with Crippen LogP contribution in [0.1, 0.15) is 16.7 Å². The van der Waals surface area contributed by atoms with Gasteiger partial charge < -0.3 is 9.88 Å². The van der Waals surface area contributed by atoms with E-state index in [-0.39, 0.29) is 18.1 Å². The van der Waals surface area contributed by atoms with E-state index in [4.69, 9.17) is 0 Å². The third-order valence-corrected chi connectivity index (χ3v) is 4.87. The summed E-state index contributed by atoms with van der Waals surface area (Å²) in [6.45, 7) is 4.27. The SMILES string of the molecule is C=CCN1C(=O)N/C(=C/c2cn(Cc3ccccc3C#N)c3ccccc23)C1=O. The number of benzene rings is 2. The quantitative estimate of drug-likeness (QED) is 0.416. The van der Waals surface area contributed by atoms with E-state index in [2.05, 4.69) is 18.0 Å². The number of hydrogen-bond donors (Lipinski definition) is 1. The third kappa shape index (κ3) is 3.30. The van der Waals surface area contributed by atoms with Crippen molar-refractivity contribution in [2.75, 3.05) is 6.54 Å². The third-order valence-electron chi connectivity index (χ3n) is 4.87. The average molecular weight is 382 g/mol. The number of amides is 3. The van der Waals surface area contributed by atoms with E-state index in [0.717, 1.165) is 26.9 Å². The lowest BCUT2D eigenvalue weighted by molar-refractivity contribution is -0.122. The first-order valence-corrected chi connectivity index (χ1v) is 9.13. The molecule has 1 aromatic heterocycles. The van der Waals surface area contributed by atoms with Crippen LogP contribution >= 0.6 is 0 Å². The fourth-order valence-corrected chi connectivity index (χ4v) is 3.49. The number of nitrogens with zero attached hydrogens (tertiary/aromatic N) is 3. The Morgan fingerprint density at radius 2 is 1.86 bits per heavy atom. The van der Waals surface area contributed by atoms with Crippen molar-refractivity contribution < 1.29 is 9.59 Å². The molecule has 0 saturated carbocycles. The number of rotatable bonds is 5. The zero-order chi connectivity index (χ0) is 20.4. The van der Waals surface area contributed by atoms with Gasteiger partial charge in [-0.2, -0.15) is 5.26 Å². The number of nitriles is 1. The molecule has 29 heavy (non-hydrogen) atoms. The number of urea groups is 1. The molecule has 0 aliphatic carbocycles. The fraction of sp³-hybridized carbons (Fsp3) is 0.0870. The van der Waals surface area contributed by atoms with E-state index < -0.39 is 6.03 Å². The van der Waals surface area contributed by atoms with Gasteiger partial charge in [-0.05, 0) is 23.8 Å². The highest BCUT2D eigenvalue weighted by Gasteiger charge is 2.32. The Morgan fingerprint density at radius 1 is 1.10 bits per heavy atom. The molecule has 6 heteroatoms. The van der Waals surface area contributed by atoms with Crippen molar-refractivity contribution in [1.82, 2.24) is 14.8 Å². The van der Waals surface area contributed by atoms with Crippen molar-refractivity contribution >= 4 is 28.9 Å². The highest BCUT2D eigenvalue weighted by Crippen LogP contribution is 2.26. The van der Waals surface area contributed by atoms with Gasteiger partial charge in [0, 0.05) is 35.8 Å². The van der Waals surface area contributed by atoms with Gasteiger partial charge in [-0.25, -0.2) is 4.79 Å². The van der Waals surface area contributed by atoms with Crippen LogP contribution in [0.5, 0.6) is 0 Å². The number of para-hydroxylation sites is 1. The summed E-state index contributed by atoms with van der Waals surface area (Å²) in [4.78, 5) is 25.6. The molecule has 0 radical (unpaired) electrons. The van der Waals surface area contributed by atoms with Crippen LogP contribution in [-0.4, -0.2) is 28.0 Å². The summed E-state index contributed by atoms with van der Waals surface area (Å²) in [5, 5.41) is 13.0. The average Bonchev–Trinajstić information content (AvgIpc) is 3.21. The van der Waals surface area contributed by atoms with Crippen LogP contribution in [0.25, 0.3) is 17.0 Å². The molecule has 4 rings (SSSR count). The van der Waals surface area contributed by atoms with Crippen LogP contribution in [0.15, 0.2) is 73.1 Å². The monoisotopic (exact) mass is 382 g/mol. The Hall–Kier alpha value is -4.11. The Labute approximate surface area is 168 Å². The molecule has 1 aliphatic rings. The first kappa shape index (κ1) is 18.3. The van der Waals surface area contributed by atoms with Crippen LogP contribution in [0.3, 0.4) is 0 Å². The van der Waals surface area contributed by atoms with E-state index in [1.54, 1.807) is 12.1 Å². The molecular weight excluding hydrogens is 364 g/mol. The Kier molecular flexibility index (Phi) is 4.71. The van der Waals surface area contributed by atoms with Gasteiger partial charge in [0.2, 0.25) is 0 Å². The van der Waals surface area contributed by atoms with Crippen molar-refractivity contribution in [2.45, 2.75) is 6.54 Å². The topological polar surface area (TPSA) is 78.1 Å². The Morgan fingerprint density at radius 3 is 2.66 bits per heavy atom. The van der Waals surface area contributed by atoms with Crippen LogP contribution in [0, 0.1) is 11.3 Å². The van der Waals surface area contributed by atoms with Gasteiger partial charge in [0.25, 0.3) is 5.91 Å². The molecule has 1 aliphatic heterocycles. The second-order valence-electron chi connectivity index (χ2n) is 6.69. The van der Waals surface area contributed by atoms with Gasteiger partial charge in [-0.3, -0.25) is 9.69 Å². The second kappa shape index (κ2) is 7.49. The molecule has 3 aromatic rings. The van der Waals surface area contributed by atoms with Gasteiger partial charge in [0.1, 0.15) is 5.70 Å². The van der Waals surface area contributed by atoms with Crippen LogP contribution in [-0.2, 0) is 11.3 Å². The van der Waals surface area contributed by atoms with Crippen molar-refractivity contribution in [3.8, 4) is 6.07 Å². The molecule has 1 N–H and O–H groups in total. The molecule has 0 spiro atoms. The minimum absolute atomic E-state index is 0.161. The first-order valence-electron chi connectivity index (χ1n) is 9.13. The van der Waals surface area contributed by atoms with E-state index in [1.807, 2.05) is 53.2 Å². The molecule has 0 unspecified atom stereocenters. The lowest BCUT2D eigenvalue weighted by Gasteiger charge is -2.07. The van der Waals surface area contributed by atoms with Gasteiger partial charge in [-0.15, -0.1) is 6.58 Å². The molecule has 0 bridgehead atoms. The highest BCUT2D eigenvalue weighted by molar-refractivity contribution is 6.14. The van der Waals surface area contributed by atoms with Crippen molar-refractivity contribution in [1.29, 1.82) is 5.26 Å². The Bertz CT molecular complexity index is 1210. The zero-order valence-corrected chi connectivity index (χ0v) is 15.6. The van der Waals surface area contributed by atoms with Crippen molar-refractivity contribution in [2.24, 2.45) is 0 Å². The van der Waals surface area contributed by atoms with E-state index in [0.29, 0.717) is 12.1 Å². The number of carbonyl (C=O) groups excluding carboxylic acids is 2. The minimum atomic E-state index is -0.451. The summed E-state index contributed by atoms with van der Waals surface area (Å²) in [5.74, 6) is -0.374. The Balaban J connectivity index is 1.76. The summed E-state index contributed by atoms with van der Waals surface area (Å²) < 4.78 is 2.04. The van der Waals surface area contributed by atoms with E-state index >= 15 is 0 Å².